The van der Waals surface area contributed by atoms with Gasteiger partial charge in [0.15, 0.2) is 0 Å². The zero-order valence-electron chi connectivity index (χ0n) is 19.5. The average molecular weight is 782 g/mol. The Morgan fingerprint density at radius 1 is 1.03 bits per heavy atom. The number of amides is 3. The minimum absolute atomic E-state index is 0.0273. The van der Waals surface area contributed by atoms with Gasteiger partial charge >= 0.3 is 6.18 Å². The molecule has 0 radical (unpaired) electrons. The van der Waals surface area contributed by atoms with Crippen LogP contribution in [-0.2, 0) is 22.4 Å². The summed E-state index contributed by atoms with van der Waals surface area (Å²) in [6.45, 7) is -0.629. The Balaban J connectivity index is 1.43. The van der Waals surface area contributed by atoms with Gasteiger partial charge in [0, 0.05) is 11.3 Å². The lowest BCUT2D eigenvalue weighted by atomic mass is 10.2. The fourth-order valence-electron chi connectivity index (χ4n) is 3.47. The zero-order chi connectivity index (χ0) is 28.3. The molecule has 1 fully saturated rings. The van der Waals surface area contributed by atoms with Gasteiger partial charge in [0.05, 0.1) is 17.6 Å². The smallest absolute Gasteiger partial charge is 0.416 e. The van der Waals surface area contributed by atoms with Gasteiger partial charge in [-0.1, -0.05) is 24.3 Å². The van der Waals surface area contributed by atoms with Crippen LogP contribution in [0.25, 0.3) is 6.08 Å². The summed E-state index contributed by atoms with van der Waals surface area (Å²) in [6.07, 6.45) is -3.09. The molecule has 0 bridgehead atoms. The van der Waals surface area contributed by atoms with Crippen molar-refractivity contribution in [2.45, 2.75) is 12.8 Å². The molecule has 3 aromatic carbocycles. The number of ether oxygens (including phenoxy) is 1. The Labute approximate surface area is 251 Å². The number of nitrogens with one attached hydrogen (secondary N) is 1. The number of carbonyl (C=O) groups is 3. The third kappa shape index (κ3) is 7.30. The van der Waals surface area contributed by atoms with Gasteiger partial charge in [-0.3, -0.25) is 19.3 Å². The highest BCUT2D eigenvalue weighted by Crippen LogP contribution is 2.35. The van der Waals surface area contributed by atoms with E-state index in [1.165, 1.54) is 18.2 Å². The Bertz CT molecular complexity index is 1470. The lowest BCUT2D eigenvalue weighted by molar-refractivity contribution is -0.137. The highest BCUT2D eigenvalue weighted by atomic mass is 127. The standard InChI is InChI=1S/C26H16F4I2N2O4S/c27-18-7-2-1-4-15(18)13-38-23-19(31)8-14(9-20(23)32)10-21-24(36)34(25(37)39-21)12-22(35)33-17-6-3-5-16(11-17)26(28,29)30/h1-11H,12-13H2,(H,33,35)/b21-10-. The number of carbonyl (C=O) groups excluding carboxylic acids is 3. The monoisotopic (exact) mass is 782 g/mol. The fraction of sp³-hybridized carbons (Fsp3) is 0.115. The van der Waals surface area contributed by atoms with Gasteiger partial charge < -0.3 is 10.1 Å². The van der Waals surface area contributed by atoms with E-state index in [0.29, 0.717) is 35.8 Å². The molecule has 1 saturated heterocycles. The molecule has 6 nitrogen and oxygen atoms in total. The predicted molar refractivity (Wildman–Crippen MR) is 155 cm³/mol. The lowest BCUT2D eigenvalue weighted by Crippen LogP contribution is -2.36. The molecule has 0 aliphatic carbocycles. The van der Waals surface area contributed by atoms with E-state index in [9.17, 15) is 31.9 Å². The Hall–Kier alpha value is -2.66. The molecular weight excluding hydrogens is 766 g/mol. The molecule has 4 rings (SSSR count). The molecule has 13 heteroatoms. The summed E-state index contributed by atoms with van der Waals surface area (Å²) in [6, 6.07) is 13.8. The zero-order valence-corrected chi connectivity index (χ0v) is 24.7. The van der Waals surface area contributed by atoms with Crippen LogP contribution in [0.5, 0.6) is 5.75 Å². The maximum Gasteiger partial charge on any atom is 0.416 e. The number of alkyl halides is 3. The third-order valence-electron chi connectivity index (χ3n) is 5.30. The molecule has 0 spiro atoms. The molecule has 1 aliphatic heterocycles. The number of benzene rings is 3. The van der Waals surface area contributed by atoms with Gasteiger partial charge in [-0.2, -0.15) is 13.2 Å². The molecule has 0 saturated carbocycles. The van der Waals surface area contributed by atoms with E-state index < -0.39 is 35.3 Å². The SMILES string of the molecule is O=C(CN1C(=O)S/C(=C\c2cc(I)c(OCc3ccccc3F)c(I)c2)C1=O)Nc1cccc(C(F)(F)F)c1. The van der Waals surface area contributed by atoms with Crippen LogP contribution in [0.1, 0.15) is 16.7 Å². The van der Waals surface area contributed by atoms with Crippen LogP contribution in [0.4, 0.5) is 28.0 Å². The number of imide groups is 1. The van der Waals surface area contributed by atoms with Crippen molar-refractivity contribution in [2.75, 3.05) is 11.9 Å². The van der Waals surface area contributed by atoms with Gasteiger partial charge in [-0.05, 0) is 105 Å². The van der Waals surface area contributed by atoms with E-state index >= 15 is 0 Å². The first kappa shape index (κ1) is 29.3. The second-order valence-corrected chi connectivity index (χ2v) is 11.4. The molecule has 0 aromatic heterocycles. The van der Waals surface area contributed by atoms with Crippen molar-refractivity contribution < 1.29 is 36.7 Å². The van der Waals surface area contributed by atoms with Crippen molar-refractivity contribution in [3.05, 3.63) is 95.2 Å². The quantitative estimate of drug-likeness (QED) is 0.155. The van der Waals surface area contributed by atoms with Crippen LogP contribution in [0.3, 0.4) is 0 Å². The van der Waals surface area contributed by atoms with Crippen LogP contribution in [0.2, 0.25) is 0 Å². The second-order valence-electron chi connectivity index (χ2n) is 8.09. The maximum absolute atomic E-state index is 13.9. The maximum atomic E-state index is 13.9. The molecule has 3 amide bonds. The number of anilines is 1. The summed E-state index contributed by atoms with van der Waals surface area (Å²) in [7, 11) is 0. The Morgan fingerprint density at radius 3 is 2.38 bits per heavy atom. The molecule has 1 heterocycles. The van der Waals surface area contributed by atoms with Crippen LogP contribution in [0, 0.1) is 13.0 Å². The number of halogens is 6. The summed E-state index contributed by atoms with van der Waals surface area (Å²) in [5.74, 6) is -1.36. The van der Waals surface area contributed by atoms with E-state index in [-0.39, 0.29) is 23.0 Å². The van der Waals surface area contributed by atoms with Crippen molar-refractivity contribution in [3.8, 4) is 5.75 Å². The molecule has 1 aliphatic rings. The molecule has 39 heavy (non-hydrogen) atoms. The van der Waals surface area contributed by atoms with Gasteiger partial charge in [0.2, 0.25) is 5.91 Å². The van der Waals surface area contributed by atoms with Crippen molar-refractivity contribution in [1.29, 1.82) is 0 Å². The van der Waals surface area contributed by atoms with Crippen molar-refractivity contribution in [2.24, 2.45) is 0 Å². The highest BCUT2D eigenvalue weighted by Gasteiger charge is 2.36. The number of hydrogen-bond acceptors (Lipinski definition) is 5. The van der Waals surface area contributed by atoms with Gasteiger partial charge in [-0.15, -0.1) is 0 Å². The summed E-state index contributed by atoms with van der Waals surface area (Å²) < 4.78 is 59.9. The van der Waals surface area contributed by atoms with Crippen LogP contribution in [-0.4, -0.2) is 28.5 Å². The van der Waals surface area contributed by atoms with Gasteiger partial charge in [0.25, 0.3) is 11.1 Å². The van der Waals surface area contributed by atoms with E-state index in [1.807, 2.05) is 0 Å². The molecule has 0 atom stereocenters. The fourth-order valence-corrected chi connectivity index (χ4v) is 6.44. The Kier molecular flexibility index (Phi) is 9.21. The van der Waals surface area contributed by atoms with Crippen molar-refractivity contribution >= 4 is 85.8 Å². The molecule has 0 unspecified atom stereocenters. The first-order chi connectivity index (χ1) is 18.4. The topological polar surface area (TPSA) is 75.7 Å². The average Bonchev–Trinajstić information content (AvgIpc) is 3.11. The molecule has 3 aromatic rings. The minimum atomic E-state index is -4.59. The Morgan fingerprint density at radius 2 is 1.72 bits per heavy atom. The summed E-state index contributed by atoms with van der Waals surface area (Å²) in [5, 5.41) is 1.60. The first-order valence-corrected chi connectivity index (χ1v) is 14.0. The predicted octanol–water partition coefficient (Wildman–Crippen LogP) is 7.31. The summed E-state index contributed by atoms with van der Waals surface area (Å²) in [4.78, 5) is 38.5. The van der Waals surface area contributed by atoms with E-state index in [2.05, 4.69) is 50.5 Å². The second kappa shape index (κ2) is 12.2. The largest absolute Gasteiger partial charge is 0.487 e. The number of rotatable bonds is 7. The molecular formula is C26H16F4I2N2O4S. The minimum Gasteiger partial charge on any atom is -0.487 e. The highest BCUT2D eigenvalue weighted by molar-refractivity contribution is 14.1. The first-order valence-electron chi connectivity index (χ1n) is 11.0. The van der Waals surface area contributed by atoms with Gasteiger partial charge in [0.1, 0.15) is 24.7 Å². The number of thioether (sulfide) groups is 1. The molecule has 202 valence electrons. The van der Waals surface area contributed by atoms with Crippen molar-refractivity contribution in [1.82, 2.24) is 4.90 Å². The normalized spacial score (nSPS) is 14.7. The van der Waals surface area contributed by atoms with Gasteiger partial charge in [-0.25, -0.2) is 4.39 Å². The van der Waals surface area contributed by atoms with Crippen LogP contribution >= 0.6 is 56.9 Å². The lowest BCUT2D eigenvalue weighted by Gasteiger charge is -2.13. The van der Waals surface area contributed by atoms with Crippen molar-refractivity contribution in [3.63, 3.8) is 0 Å². The van der Waals surface area contributed by atoms with Crippen LogP contribution < -0.4 is 10.1 Å². The third-order valence-corrected chi connectivity index (χ3v) is 7.81. The van der Waals surface area contributed by atoms with E-state index in [0.717, 1.165) is 23.1 Å². The number of hydrogen-bond donors (Lipinski definition) is 1. The van der Waals surface area contributed by atoms with Crippen LogP contribution in [0.15, 0.2) is 65.6 Å². The number of nitrogens with zero attached hydrogens (tertiary/aromatic N) is 1. The molecule has 1 N–H and O–H groups in total. The summed E-state index contributed by atoms with van der Waals surface area (Å²) in [5.41, 5.74) is -0.0546. The van der Waals surface area contributed by atoms with E-state index in [1.54, 1.807) is 30.3 Å². The van der Waals surface area contributed by atoms with E-state index in [4.69, 9.17) is 4.74 Å². The summed E-state index contributed by atoms with van der Waals surface area (Å²) >= 11 is 4.75.